The molecule has 0 bridgehead atoms. The number of tetrazole rings is 1. The van der Waals surface area contributed by atoms with E-state index in [2.05, 4.69) is 20.7 Å². The van der Waals surface area contributed by atoms with Gasteiger partial charge in [-0.1, -0.05) is 11.3 Å². The molecule has 3 atom stereocenters. The number of aromatic nitrogens is 4. The summed E-state index contributed by atoms with van der Waals surface area (Å²) >= 11 is 2.85. The van der Waals surface area contributed by atoms with E-state index in [1.807, 2.05) is 17.5 Å². The maximum Gasteiger partial charge on any atom is 0.302 e. The van der Waals surface area contributed by atoms with Crippen molar-refractivity contribution in [1.82, 2.24) is 30.3 Å². The third-order valence-electron chi connectivity index (χ3n) is 4.43. The molecule has 0 saturated carbocycles. The number of fused-ring (bicyclic) bond motifs is 1. The van der Waals surface area contributed by atoms with Gasteiger partial charge in [0.05, 0.1) is 6.42 Å². The minimum Gasteiger partial charge on any atom is -0.461 e. The van der Waals surface area contributed by atoms with Crippen molar-refractivity contribution in [3.05, 3.63) is 39.2 Å². The second-order valence-electron chi connectivity index (χ2n) is 6.42. The number of carbonyl (C=O) groups excluding carboxylic acids is 3. The van der Waals surface area contributed by atoms with Crippen molar-refractivity contribution in [2.75, 3.05) is 6.61 Å². The number of thiophene rings is 1. The summed E-state index contributed by atoms with van der Waals surface area (Å²) in [5.41, 5.74) is 0.631. The highest BCUT2D eigenvalue weighted by Gasteiger charge is 2.55. The summed E-state index contributed by atoms with van der Waals surface area (Å²) < 4.78 is 5.90. The molecule has 4 heterocycles. The zero-order chi connectivity index (χ0) is 20.5. The van der Waals surface area contributed by atoms with Gasteiger partial charge in [0.25, 0.3) is 7.98 Å². The fourth-order valence-electron chi connectivity index (χ4n) is 3.17. The first-order valence-corrected chi connectivity index (χ1v) is 10.4. The van der Waals surface area contributed by atoms with Crippen LogP contribution in [0, 0.1) is 0 Å². The molecule has 0 aromatic carbocycles. The predicted molar refractivity (Wildman–Crippen MR) is 105 cm³/mol. The minimum atomic E-state index is -0.671. The lowest BCUT2D eigenvalue weighted by molar-refractivity contribution is -0.152. The number of β-lactam (4-membered cyclic amide) rings is 1. The Labute approximate surface area is 175 Å². The zero-order valence-corrected chi connectivity index (χ0v) is 16.9. The second-order valence-corrected chi connectivity index (χ2v) is 8.44. The Bertz CT molecular complexity index is 978. The number of nitrogens with one attached hydrogen (secondary N) is 1. The molecule has 1 fully saturated rings. The van der Waals surface area contributed by atoms with Gasteiger partial charge in [-0.2, -0.15) is 0 Å². The summed E-state index contributed by atoms with van der Waals surface area (Å²) in [5.74, 6) is -0.717. The number of thioether (sulfide) groups is 1. The number of ether oxygens (including phenoxy) is 1. The normalized spacial score (nSPS) is 23.1. The van der Waals surface area contributed by atoms with Crippen LogP contribution >= 0.6 is 23.1 Å². The van der Waals surface area contributed by atoms with Gasteiger partial charge in [-0.15, -0.1) is 33.3 Å². The van der Waals surface area contributed by atoms with Crippen molar-refractivity contribution in [1.29, 1.82) is 0 Å². The Balaban J connectivity index is 1.51. The van der Waals surface area contributed by atoms with Crippen LogP contribution in [0.3, 0.4) is 0 Å². The molecule has 2 amide bonds. The summed E-state index contributed by atoms with van der Waals surface area (Å²) in [5, 5.41) is 17.7. The van der Waals surface area contributed by atoms with Crippen molar-refractivity contribution in [2.24, 2.45) is 0 Å². The number of nitrogens with zero attached hydrogens (tertiary/aromatic N) is 5. The molecular formula is C16H15BN6O4S2. The van der Waals surface area contributed by atoms with E-state index < -0.39 is 18.1 Å². The summed E-state index contributed by atoms with van der Waals surface area (Å²) in [4.78, 5) is 38.9. The van der Waals surface area contributed by atoms with E-state index in [0.717, 1.165) is 9.58 Å². The van der Waals surface area contributed by atoms with E-state index in [0.29, 0.717) is 5.57 Å². The summed E-state index contributed by atoms with van der Waals surface area (Å²) in [7, 11) is 5.51. The number of esters is 1. The molecule has 1 saturated heterocycles. The van der Waals surface area contributed by atoms with Gasteiger partial charge in [-0.3, -0.25) is 14.4 Å². The first-order chi connectivity index (χ1) is 13.9. The van der Waals surface area contributed by atoms with Gasteiger partial charge in [0.2, 0.25) is 11.8 Å². The van der Waals surface area contributed by atoms with Gasteiger partial charge in [0.15, 0.2) is 5.82 Å². The lowest BCUT2D eigenvalue weighted by Gasteiger charge is -2.51. The molecular weight excluding hydrogens is 415 g/mol. The molecule has 1 N–H and O–H groups in total. The Hall–Kier alpha value is -2.67. The van der Waals surface area contributed by atoms with Crippen LogP contribution in [0.1, 0.15) is 23.7 Å². The molecule has 4 rings (SSSR count). The van der Waals surface area contributed by atoms with Crippen LogP contribution in [-0.4, -0.2) is 68.8 Å². The van der Waals surface area contributed by atoms with Crippen molar-refractivity contribution in [2.45, 2.75) is 30.8 Å². The number of amides is 2. The fraction of sp³-hybridized carbons (Fsp3) is 0.375. The van der Waals surface area contributed by atoms with Gasteiger partial charge in [0, 0.05) is 17.4 Å². The number of hydrogen-bond acceptors (Lipinski definition) is 9. The van der Waals surface area contributed by atoms with Crippen LogP contribution < -0.4 is 5.32 Å². The minimum absolute atomic E-state index is 0.0159. The Morgan fingerprint density at radius 2 is 2.24 bits per heavy atom. The molecule has 29 heavy (non-hydrogen) atoms. The van der Waals surface area contributed by atoms with E-state index in [-0.39, 0.29) is 36.0 Å². The van der Waals surface area contributed by atoms with E-state index in [4.69, 9.17) is 12.7 Å². The first kappa shape index (κ1) is 19.6. The Morgan fingerprint density at radius 3 is 2.90 bits per heavy atom. The molecule has 2 aliphatic rings. The highest BCUT2D eigenvalue weighted by molar-refractivity contribution is 8.02. The fourth-order valence-corrected chi connectivity index (χ4v) is 5.08. The molecule has 2 aliphatic heterocycles. The van der Waals surface area contributed by atoms with Crippen molar-refractivity contribution < 1.29 is 19.1 Å². The zero-order valence-electron chi connectivity index (χ0n) is 15.2. The highest BCUT2D eigenvalue weighted by Crippen LogP contribution is 2.45. The molecule has 13 heteroatoms. The molecule has 10 nitrogen and oxygen atoms in total. The van der Waals surface area contributed by atoms with Gasteiger partial charge in [-0.25, -0.2) is 4.71 Å². The molecule has 0 unspecified atom stereocenters. The lowest BCUT2D eigenvalue weighted by atomic mass is 9.97. The number of rotatable bonds is 6. The monoisotopic (exact) mass is 430 g/mol. The van der Waals surface area contributed by atoms with Crippen molar-refractivity contribution in [3.8, 4) is 0 Å². The Morgan fingerprint density at radius 1 is 1.41 bits per heavy atom. The van der Waals surface area contributed by atoms with E-state index in [1.165, 1.54) is 30.0 Å². The molecule has 2 aromatic heterocycles. The third-order valence-corrected chi connectivity index (χ3v) is 6.52. The SMILES string of the molecule is [B]n1nnc([C@H]2C(COC(C)=O)=CS[C@@H]3[C@H](NC(=O)Cc4cccs4)C(=O)N23)n1. The predicted octanol–water partition coefficient (Wildman–Crippen LogP) is -0.203. The average Bonchev–Trinajstić information content (AvgIpc) is 3.35. The van der Waals surface area contributed by atoms with Crippen molar-refractivity contribution in [3.63, 3.8) is 0 Å². The van der Waals surface area contributed by atoms with Crippen LogP contribution in [0.4, 0.5) is 0 Å². The smallest absolute Gasteiger partial charge is 0.302 e. The van der Waals surface area contributed by atoms with Crippen LogP contribution in [0.2, 0.25) is 0 Å². The standard InChI is InChI=1S/C16H15BN6O4S2/c1-8(24)27-6-9-7-29-16-12(18-11(25)5-10-3-2-4-28-10)15(26)22(16)13(9)14-19-21-23(17)20-14/h2-4,7,12-13,16H,5-6H2,1H3,(H,18,25)/t12-,13-,16-/m1/s1. The molecule has 2 aromatic rings. The topological polar surface area (TPSA) is 119 Å². The quantitative estimate of drug-likeness (QED) is 0.380. The maximum absolute atomic E-state index is 12.9. The lowest BCUT2D eigenvalue weighted by Crippen LogP contribution is -2.71. The largest absolute Gasteiger partial charge is 0.461 e. The van der Waals surface area contributed by atoms with E-state index >= 15 is 0 Å². The van der Waals surface area contributed by atoms with Gasteiger partial charge >= 0.3 is 5.97 Å². The summed E-state index contributed by atoms with van der Waals surface area (Å²) in [6, 6.07) is 2.42. The van der Waals surface area contributed by atoms with Crippen LogP contribution in [-0.2, 0) is 25.5 Å². The highest BCUT2D eigenvalue weighted by atomic mass is 32.2. The Kier molecular flexibility index (Phi) is 5.41. The molecule has 148 valence electrons. The van der Waals surface area contributed by atoms with Crippen LogP contribution in [0.5, 0.6) is 0 Å². The van der Waals surface area contributed by atoms with E-state index in [9.17, 15) is 14.4 Å². The second kappa shape index (κ2) is 7.99. The molecule has 2 radical (unpaired) electrons. The first-order valence-electron chi connectivity index (χ1n) is 8.60. The summed E-state index contributed by atoms with van der Waals surface area (Å²) in [6.07, 6.45) is 0.221. The number of hydrogen-bond donors (Lipinski definition) is 1. The number of carbonyl (C=O) groups is 3. The average molecular weight is 430 g/mol. The van der Waals surface area contributed by atoms with Gasteiger partial charge in [-0.05, 0) is 16.9 Å². The van der Waals surface area contributed by atoms with Crippen LogP contribution in [0.15, 0.2) is 28.5 Å². The van der Waals surface area contributed by atoms with Crippen molar-refractivity contribution >= 4 is 48.9 Å². The molecule has 0 aliphatic carbocycles. The van der Waals surface area contributed by atoms with Crippen LogP contribution in [0.25, 0.3) is 0 Å². The maximum atomic E-state index is 12.9. The molecule has 0 spiro atoms. The summed E-state index contributed by atoms with van der Waals surface area (Å²) in [6.45, 7) is 1.29. The van der Waals surface area contributed by atoms with Gasteiger partial charge < -0.3 is 15.0 Å². The third kappa shape index (κ3) is 3.92. The van der Waals surface area contributed by atoms with Gasteiger partial charge in [0.1, 0.15) is 24.1 Å². The van der Waals surface area contributed by atoms with E-state index in [1.54, 1.807) is 10.3 Å².